The first-order valence-corrected chi connectivity index (χ1v) is 9.48. The highest BCUT2D eigenvalue weighted by Gasteiger charge is 2.28. The lowest BCUT2D eigenvalue weighted by atomic mass is 9.78. The molecule has 2 N–H and O–H groups in total. The van der Waals surface area contributed by atoms with Crippen molar-refractivity contribution in [2.75, 3.05) is 13.2 Å². The largest absolute Gasteiger partial charge is 0.454 e. The van der Waals surface area contributed by atoms with Crippen LogP contribution in [0.1, 0.15) is 47.7 Å². The molecule has 0 bridgehead atoms. The average Bonchev–Trinajstić information content (AvgIpc) is 3.01. The number of carbonyl (C=O) groups excluding carboxylic acids is 3. The van der Waals surface area contributed by atoms with Crippen LogP contribution in [0.15, 0.2) is 12.1 Å². The summed E-state index contributed by atoms with van der Waals surface area (Å²) in [7, 11) is 0. The smallest absolute Gasteiger partial charge is 0.325 e. The van der Waals surface area contributed by atoms with Gasteiger partial charge in [-0.15, -0.1) is 11.3 Å². The fourth-order valence-electron chi connectivity index (χ4n) is 3.03. The zero-order chi connectivity index (χ0) is 18.4. The van der Waals surface area contributed by atoms with Crippen molar-refractivity contribution in [3.05, 3.63) is 21.9 Å². The number of nitrogens with one attached hydrogen (secondary N) is 2. The van der Waals surface area contributed by atoms with Crippen LogP contribution >= 0.6 is 11.3 Å². The first-order valence-electron chi connectivity index (χ1n) is 8.66. The molecule has 1 aliphatic carbocycles. The van der Waals surface area contributed by atoms with Gasteiger partial charge in [-0.2, -0.15) is 0 Å². The number of esters is 1. The van der Waals surface area contributed by atoms with Gasteiger partial charge in [-0.05, 0) is 37.3 Å². The molecule has 0 unspecified atom stereocenters. The topological polar surface area (TPSA) is 84.5 Å². The van der Waals surface area contributed by atoms with Crippen molar-refractivity contribution in [1.82, 2.24) is 10.6 Å². The molecule has 2 amide bonds. The monoisotopic (exact) mass is 366 g/mol. The first kappa shape index (κ1) is 19.4. The zero-order valence-electron chi connectivity index (χ0n) is 15.0. The second kappa shape index (κ2) is 8.99. The van der Waals surface area contributed by atoms with E-state index in [0.29, 0.717) is 16.7 Å². The summed E-state index contributed by atoms with van der Waals surface area (Å²) in [4.78, 5) is 37.1. The Bertz CT molecular complexity index is 628. The third-order valence-electron chi connectivity index (χ3n) is 4.77. The number of hydrogen-bond donors (Lipinski definition) is 2. The molecule has 1 saturated carbocycles. The van der Waals surface area contributed by atoms with Gasteiger partial charge in [-0.25, -0.2) is 0 Å². The lowest BCUT2D eigenvalue weighted by Crippen LogP contribution is -2.45. The van der Waals surface area contributed by atoms with Gasteiger partial charge in [0.15, 0.2) is 6.61 Å². The molecule has 1 heterocycles. The van der Waals surface area contributed by atoms with Crippen molar-refractivity contribution in [3.63, 3.8) is 0 Å². The van der Waals surface area contributed by atoms with E-state index in [4.69, 9.17) is 4.74 Å². The molecule has 0 aromatic carbocycles. The SMILES string of the molecule is Cc1ccc(C(=O)NCC(=O)OCC(=O)N[C@H]2CCC[C@@H](C)[C@@H]2C)s1. The van der Waals surface area contributed by atoms with Gasteiger partial charge in [0.05, 0.1) is 4.88 Å². The normalized spacial score (nSPS) is 22.9. The minimum atomic E-state index is -0.623. The van der Waals surface area contributed by atoms with E-state index in [1.807, 2.05) is 13.0 Å². The third-order valence-corrected chi connectivity index (χ3v) is 5.77. The van der Waals surface area contributed by atoms with Crippen LogP contribution in [0.25, 0.3) is 0 Å². The quantitative estimate of drug-likeness (QED) is 0.757. The predicted molar refractivity (Wildman–Crippen MR) is 96.5 cm³/mol. The molecule has 0 saturated heterocycles. The van der Waals surface area contributed by atoms with Crippen LogP contribution in [-0.2, 0) is 14.3 Å². The summed E-state index contributed by atoms with van der Waals surface area (Å²) in [5.41, 5.74) is 0. The van der Waals surface area contributed by atoms with Crippen molar-refractivity contribution < 1.29 is 19.1 Å². The summed E-state index contributed by atoms with van der Waals surface area (Å²) in [5.74, 6) is -0.231. The Morgan fingerprint density at radius 1 is 1.24 bits per heavy atom. The van der Waals surface area contributed by atoms with Crippen LogP contribution in [0.5, 0.6) is 0 Å². The number of hydrogen-bond acceptors (Lipinski definition) is 5. The third kappa shape index (κ3) is 5.85. The molecule has 0 aliphatic heterocycles. The van der Waals surface area contributed by atoms with E-state index in [1.165, 1.54) is 17.8 Å². The highest BCUT2D eigenvalue weighted by atomic mass is 32.1. The molecular weight excluding hydrogens is 340 g/mol. The molecule has 3 atom stereocenters. The summed E-state index contributed by atoms with van der Waals surface area (Å²) in [6, 6.07) is 3.69. The molecule has 6 nitrogen and oxygen atoms in total. The Morgan fingerprint density at radius 2 is 2.00 bits per heavy atom. The predicted octanol–water partition coefficient (Wildman–Crippen LogP) is 2.27. The van der Waals surface area contributed by atoms with Crippen molar-refractivity contribution in [3.8, 4) is 0 Å². The number of amides is 2. The summed E-state index contributed by atoms with van der Waals surface area (Å²) in [6.45, 7) is 5.68. The molecule has 1 aromatic heterocycles. The Balaban J connectivity index is 1.67. The average molecular weight is 366 g/mol. The van der Waals surface area contributed by atoms with E-state index >= 15 is 0 Å². The van der Waals surface area contributed by atoms with Gasteiger partial charge < -0.3 is 15.4 Å². The zero-order valence-corrected chi connectivity index (χ0v) is 15.8. The van der Waals surface area contributed by atoms with Gasteiger partial charge in [0.1, 0.15) is 6.54 Å². The number of thiophene rings is 1. The van der Waals surface area contributed by atoms with E-state index in [2.05, 4.69) is 24.5 Å². The Kier molecular flexibility index (Phi) is 6.99. The summed E-state index contributed by atoms with van der Waals surface area (Å²) in [5, 5.41) is 5.44. The fourth-order valence-corrected chi connectivity index (χ4v) is 3.81. The second-order valence-electron chi connectivity index (χ2n) is 6.69. The van der Waals surface area contributed by atoms with E-state index < -0.39 is 5.97 Å². The second-order valence-corrected chi connectivity index (χ2v) is 7.98. The van der Waals surface area contributed by atoms with E-state index in [1.54, 1.807) is 6.07 Å². The molecule has 0 radical (unpaired) electrons. The first-order chi connectivity index (χ1) is 11.9. The molecule has 25 heavy (non-hydrogen) atoms. The maximum Gasteiger partial charge on any atom is 0.325 e. The van der Waals surface area contributed by atoms with Crippen LogP contribution in [0.3, 0.4) is 0 Å². The van der Waals surface area contributed by atoms with Crippen molar-refractivity contribution in [2.45, 2.75) is 46.1 Å². The van der Waals surface area contributed by atoms with Crippen LogP contribution in [-0.4, -0.2) is 37.0 Å². The molecule has 7 heteroatoms. The summed E-state index contributed by atoms with van der Waals surface area (Å²) >= 11 is 1.36. The molecule has 0 spiro atoms. The Hall–Kier alpha value is -1.89. The minimum absolute atomic E-state index is 0.136. The van der Waals surface area contributed by atoms with Crippen molar-refractivity contribution in [1.29, 1.82) is 0 Å². The van der Waals surface area contributed by atoms with Gasteiger partial charge in [-0.3, -0.25) is 14.4 Å². The van der Waals surface area contributed by atoms with Crippen molar-refractivity contribution in [2.24, 2.45) is 11.8 Å². The van der Waals surface area contributed by atoms with Gasteiger partial charge in [-0.1, -0.05) is 26.7 Å². The molecule has 1 fully saturated rings. The number of aryl methyl sites for hydroxylation is 1. The van der Waals surface area contributed by atoms with Gasteiger partial charge in [0.2, 0.25) is 0 Å². The molecule has 1 aromatic rings. The van der Waals surface area contributed by atoms with Crippen molar-refractivity contribution >= 4 is 29.1 Å². The van der Waals surface area contributed by atoms with Crippen LogP contribution < -0.4 is 10.6 Å². The van der Waals surface area contributed by atoms with E-state index in [-0.39, 0.29) is 31.0 Å². The summed E-state index contributed by atoms with van der Waals surface area (Å²) in [6.07, 6.45) is 3.25. The van der Waals surface area contributed by atoms with Crippen LogP contribution in [0, 0.1) is 18.8 Å². The lowest BCUT2D eigenvalue weighted by molar-refractivity contribution is -0.147. The van der Waals surface area contributed by atoms with Gasteiger partial charge >= 0.3 is 5.97 Å². The fraction of sp³-hybridized carbons (Fsp3) is 0.611. The lowest BCUT2D eigenvalue weighted by Gasteiger charge is -2.34. The standard InChI is InChI=1S/C18H26N2O4S/c1-11-5-4-6-14(13(11)3)20-16(21)10-24-17(22)9-19-18(23)15-8-7-12(2)25-15/h7-8,11,13-14H,4-6,9-10H2,1-3H3,(H,19,23)(H,20,21)/t11-,13+,14+/m1/s1. The van der Waals surface area contributed by atoms with E-state index in [0.717, 1.165) is 17.7 Å². The minimum Gasteiger partial charge on any atom is -0.454 e. The number of ether oxygens (including phenoxy) is 1. The highest BCUT2D eigenvalue weighted by molar-refractivity contribution is 7.13. The van der Waals surface area contributed by atoms with Gasteiger partial charge in [0.25, 0.3) is 11.8 Å². The Labute approximate surface area is 152 Å². The maximum absolute atomic E-state index is 12.0. The van der Waals surface area contributed by atoms with Gasteiger partial charge in [0, 0.05) is 10.9 Å². The number of rotatable bonds is 6. The van der Waals surface area contributed by atoms with Crippen LogP contribution in [0.2, 0.25) is 0 Å². The highest BCUT2D eigenvalue weighted by Crippen LogP contribution is 2.29. The maximum atomic E-state index is 12.0. The number of carbonyl (C=O) groups is 3. The molecular formula is C18H26N2O4S. The molecule has 138 valence electrons. The Morgan fingerprint density at radius 3 is 2.68 bits per heavy atom. The van der Waals surface area contributed by atoms with E-state index in [9.17, 15) is 14.4 Å². The van der Waals surface area contributed by atoms with Crippen LogP contribution in [0.4, 0.5) is 0 Å². The summed E-state index contributed by atoms with van der Waals surface area (Å²) < 4.78 is 4.94. The molecule has 2 rings (SSSR count). The molecule has 1 aliphatic rings.